The van der Waals surface area contributed by atoms with Crippen LogP contribution in [0.25, 0.3) is 0 Å². The highest BCUT2D eigenvalue weighted by molar-refractivity contribution is 8.00. The first-order valence-electron chi connectivity index (χ1n) is 5.64. The summed E-state index contributed by atoms with van der Waals surface area (Å²) in [6, 6.07) is 5.71. The van der Waals surface area contributed by atoms with E-state index in [2.05, 4.69) is 0 Å². The van der Waals surface area contributed by atoms with Gasteiger partial charge in [0.05, 0.1) is 11.4 Å². The summed E-state index contributed by atoms with van der Waals surface area (Å²) in [7, 11) is 0. The lowest BCUT2D eigenvalue weighted by atomic mass is 10.1. The second kappa shape index (κ2) is 4.98. The molecular formula is C12H17N3OS. The Bertz CT molecular complexity index is 436. The molecule has 1 heterocycles. The van der Waals surface area contributed by atoms with Crippen LogP contribution in [0, 0.1) is 5.92 Å². The monoisotopic (exact) mass is 251 g/mol. The summed E-state index contributed by atoms with van der Waals surface area (Å²) in [6.07, 6.45) is 0. The van der Waals surface area contributed by atoms with Gasteiger partial charge in [0.25, 0.3) is 0 Å². The van der Waals surface area contributed by atoms with Crippen molar-refractivity contribution in [1.82, 2.24) is 0 Å². The van der Waals surface area contributed by atoms with E-state index in [0.29, 0.717) is 24.5 Å². The predicted molar refractivity (Wildman–Crippen MR) is 72.1 cm³/mol. The van der Waals surface area contributed by atoms with Crippen LogP contribution in [0.3, 0.4) is 0 Å². The Hall–Kier alpha value is -1.20. The molecule has 0 aliphatic carbocycles. The van der Waals surface area contributed by atoms with Crippen LogP contribution in [0.5, 0.6) is 0 Å². The third-order valence-corrected chi connectivity index (χ3v) is 3.87. The molecule has 2 rings (SSSR count). The molecule has 1 aliphatic heterocycles. The standard InChI is InChI=1S/C12H17N3OS/c1-8(5-13)6-15-10-4-9(14)2-3-11(10)17-7-12(15)16/h2-4,8H,5-7,13-14H2,1H3. The maximum atomic E-state index is 11.9. The van der Waals surface area contributed by atoms with Crippen molar-refractivity contribution in [1.29, 1.82) is 0 Å². The second-order valence-electron chi connectivity index (χ2n) is 4.36. The van der Waals surface area contributed by atoms with Crippen molar-refractivity contribution in [2.45, 2.75) is 11.8 Å². The van der Waals surface area contributed by atoms with E-state index in [-0.39, 0.29) is 11.8 Å². The molecule has 0 saturated heterocycles. The minimum atomic E-state index is 0.133. The quantitative estimate of drug-likeness (QED) is 0.794. The van der Waals surface area contributed by atoms with Crippen LogP contribution in [-0.4, -0.2) is 24.7 Å². The molecule has 17 heavy (non-hydrogen) atoms. The lowest BCUT2D eigenvalue weighted by molar-refractivity contribution is -0.116. The summed E-state index contributed by atoms with van der Waals surface area (Å²) >= 11 is 1.57. The molecule has 1 atom stereocenters. The van der Waals surface area contributed by atoms with Crippen LogP contribution in [0.15, 0.2) is 23.1 Å². The van der Waals surface area contributed by atoms with Crippen molar-refractivity contribution in [3.63, 3.8) is 0 Å². The molecule has 0 fully saturated rings. The number of benzene rings is 1. The van der Waals surface area contributed by atoms with Crippen molar-refractivity contribution in [3.05, 3.63) is 18.2 Å². The maximum Gasteiger partial charge on any atom is 0.237 e. The van der Waals surface area contributed by atoms with Crippen molar-refractivity contribution in [2.24, 2.45) is 11.7 Å². The minimum Gasteiger partial charge on any atom is -0.399 e. The van der Waals surface area contributed by atoms with Gasteiger partial charge in [-0.1, -0.05) is 6.92 Å². The molecule has 1 unspecified atom stereocenters. The van der Waals surface area contributed by atoms with Crippen molar-refractivity contribution >= 4 is 29.0 Å². The number of rotatable bonds is 3. The summed E-state index contributed by atoms with van der Waals surface area (Å²) < 4.78 is 0. The molecule has 0 spiro atoms. The Labute approximate surface area is 105 Å². The molecule has 1 aliphatic rings. The van der Waals surface area contributed by atoms with Crippen LogP contribution in [0.1, 0.15) is 6.92 Å². The van der Waals surface area contributed by atoms with Gasteiger partial charge in [0.2, 0.25) is 5.91 Å². The van der Waals surface area contributed by atoms with Crippen LogP contribution < -0.4 is 16.4 Å². The molecular weight excluding hydrogens is 234 g/mol. The summed E-state index contributed by atoms with van der Waals surface area (Å²) in [5.74, 6) is 0.915. The molecule has 0 radical (unpaired) electrons. The largest absolute Gasteiger partial charge is 0.399 e. The number of nitrogen functional groups attached to an aromatic ring is 1. The lowest BCUT2D eigenvalue weighted by Crippen LogP contribution is -2.40. The average molecular weight is 251 g/mol. The first kappa shape index (κ1) is 12.3. The van der Waals surface area contributed by atoms with Gasteiger partial charge in [0, 0.05) is 17.1 Å². The van der Waals surface area contributed by atoms with Gasteiger partial charge in [-0.25, -0.2) is 0 Å². The van der Waals surface area contributed by atoms with E-state index < -0.39 is 0 Å². The summed E-state index contributed by atoms with van der Waals surface area (Å²) in [5, 5.41) is 0. The zero-order valence-electron chi connectivity index (χ0n) is 9.85. The number of anilines is 2. The van der Waals surface area contributed by atoms with Gasteiger partial charge in [0.1, 0.15) is 0 Å². The Balaban J connectivity index is 2.32. The average Bonchev–Trinajstić information content (AvgIpc) is 2.32. The van der Waals surface area contributed by atoms with Crippen molar-refractivity contribution in [2.75, 3.05) is 29.5 Å². The first-order valence-corrected chi connectivity index (χ1v) is 6.63. The van der Waals surface area contributed by atoms with Crippen LogP contribution in [-0.2, 0) is 4.79 Å². The molecule has 0 aromatic heterocycles. The third-order valence-electron chi connectivity index (χ3n) is 2.82. The second-order valence-corrected chi connectivity index (χ2v) is 5.38. The topological polar surface area (TPSA) is 72.3 Å². The van der Waals surface area contributed by atoms with E-state index in [4.69, 9.17) is 11.5 Å². The molecule has 4 nitrogen and oxygen atoms in total. The van der Waals surface area contributed by atoms with Crippen molar-refractivity contribution in [3.8, 4) is 0 Å². The van der Waals surface area contributed by atoms with Gasteiger partial charge in [-0.2, -0.15) is 0 Å². The minimum absolute atomic E-state index is 0.133. The smallest absolute Gasteiger partial charge is 0.237 e. The SMILES string of the molecule is CC(CN)CN1C(=O)CSc2ccc(N)cc21. The highest BCUT2D eigenvalue weighted by atomic mass is 32.2. The fourth-order valence-corrected chi connectivity index (χ4v) is 2.72. The van der Waals surface area contributed by atoms with E-state index in [0.717, 1.165) is 10.6 Å². The molecule has 5 heteroatoms. The highest BCUT2D eigenvalue weighted by Crippen LogP contribution is 2.36. The number of nitrogens with two attached hydrogens (primary N) is 2. The van der Waals surface area contributed by atoms with Gasteiger partial charge >= 0.3 is 0 Å². The van der Waals surface area contributed by atoms with Crippen LogP contribution >= 0.6 is 11.8 Å². The summed E-state index contributed by atoms with van der Waals surface area (Å²) in [6.45, 7) is 3.28. The van der Waals surface area contributed by atoms with E-state index in [9.17, 15) is 4.79 Å². The first-order chi connectivity index (χ1) is 8.11. The highest BCUT2D eigenvalue weighted by Gasteiger charge is 2.25. The number of nitrogens with zero attached hydrogens (tertiary/aromatic N) is 1. The summed E-state index contributed by atoms with van der Waals surface area (Å²) in [5.41, 5.74) is 13.0. The number of amides is 1. The van der Waals surface area contributed by atoms with E-state index in [1.807, 2.05) is 25.1 Å². The Morgan fingerprint density at radius 2 is 2.29 bits per heavy atom. The van der Waals surface area contributed by atoms with E-state index >= 15 is 0 Å². The van der Waals surface area contributed by atoms with Gasteiger partial charge in [-0.05, 0) is 30.7 Å². The van der Waals surface area contributed by atoms with Gasteiger partial charge in [0.15, 0.2) is 0 Å². The van der Waals surface area contributed by atoms with Crippen LogP contribution in [0.4, 0.5) is 11.4 Å². The summed E-state index contributed by atoms with van der Waals surface area (Å²) in [4.78, 5) is 14.9. The molecule has 1 amide bonds. The third kappa shape index (κ3) is 2.56. The normalized spacial score (nSPS) is 16.8. The molecule has 1 aromatic carbocycles. The zero-order chi connectivity index (χ0) is 12.4. The van der Waals surface area contributed by atoms with E-state index in [1.54, 1.807) is 16.7 Å². The molecule has 92 valence electrons. The number of carbonyl (C=O) groups excluding carboxylic acids is 1. The zero-order valence-corrected chi connectivity index (χ0v) is 10.7. The van der Waals surface area contributed by atoms with Crippen LogP contribution in [0.2, 0.25) is 0 Å². The predicted octanol–water partition coefficient (Wildman–Crippen LogP) is 1.30. The molecule has 4 N–H and O–H groups in total. The molecule has 1 aromatic rings. The Kier molecular flexibility index (Phi) is 3.59. The van der Waals surface area contributed by atoms with Crippen molar-refractivity contribution < 1.29 is 4.79 Å². The maximum absolute atomic E-state index is 11.9. The number of hydrogen-bond donors (Lipinski definition) is 2. The lowest BCUT2D eigenvalue weighted by Gasteiger charge is -2.31. The number of carbonyl (C=O) groups is 1. The van der Waals surface area contributed by atoms with Gasteiger partial charge < -0.3 is 16.4 Å². The Morgan fingerprint density at radius 3 is 3.00 bits per heavy atom. The fraction of sp³-hybridized carbons (Fsp3) is 0.417. The molecule has 0 saturated carbocycles. The number of thioether (sulfide) groups is 1. The number of hydrogen-bond acceptors (Lipinski definition) is 4. The fourth-order valence-electron chi connectivity index (χ4n) is 1.81. The van der Waals surface area contributed by atoms with Gasteiger partial charge in [-0.3, -0.25) is 4.79 Å². The Morgan fingerprint density at radius 1 is 1.53 bits per heavy atom. The number of fused-ring (bicyclic) bond motifs is 1. The van der Waals surface area contributed by atoms with E-state index in [1.165, 1.54) is 0 Å². The van der Waals surface area contributed by atoms with Gasteiger partial charge in [-0.15, -0.1) is 11.8 Å². The molecule has 0 bridgehead atoms.